The van der Waals surface area contributed by atoms with E-state index in [1.807, 2.05) is 75.1 Å². The quantitative estimate of drug-likeness (QED) is 0.388. The zero-order valence-corrected chi connectivity index (χ0v) is 21.5. The van der Waals surface area contributed by atoms with Crippen molar-refractivity contribution in [2.24, 2.45) is 0 Å². The van der Waals surface area contributed by atoms with Gasteiger partial charge < -0.3 is 10.2 Å². The number of nitrogens with one attached hydrogen (secondary N) is 1. The van der Waals surface area contributed by atoms with Gasteiger partial charge in [-0.2, -0.15) is 0 Å². The highest BCUT2D eigenvalue weighted by molar-refractivity contribution is 5.85. The van der Waals surface area contributed by atoms with Gasteiger partial charge in [0.25, 0.3) is 0 Å². The summed E-state index contributed by atoms with van der Waals surface area (Å²) >= 11 is 0. The molecule has 0 aliphatic carbocycles. The van der Waals surface area contributed by atoms with Crippen molar-refractivity contribution in [1.82, 2.24) is 15.2 Å². The maximum atomic E-state index is 14.1. The second-order valence-corrected chi connectivity index (χ2v) is 9.61. The number of benzene rings is 2. The summed E-state index contributed by atoms with van der Waals surface area (Å²) < 4.78 is 14.0. The molecule has 2 aromatic carbocycles. The van der Waals surface area contributed by atoms with Gasteiger partial charge in [0.1, 0.15) is 5.82 Å². The summed E-state index contributed by atoms with van der Waals surface area (Å²) in [5, 5.41) is 3.02. The van der Waals surface area contributed by atoms with Gasteiger partial charge in [-0.25, -0.2) is 4.39 Å². The van der Waals surface area contributed by atoms with E-state index in [-0.39, 0.29) is 48.6 Å². The summed E-state index contributed by atoms with van der Waals surface area (Å²) in [6.07, 6.45) is 3.90. The van der Waals surface area contributed by atoms with Gasteiger partial charge in [0.05, 0.1) is 5.92 Å². The summed E-state index contributed by atoms with van der Waals surface area (Å²) in [5.41, 5.74) is 2.28. The van der Waals surface area contributed by atoms with Crippen LogP contribution in [-0.4, -0.2) is 40.3 Å². The fourth-order valence-corrected chi connectivity index (χ4v) is 4.76. The summed E-state index contributed by atoms with van der Waals surface area (Å²) in [5.74, 6) is -1.32. The third kappa shape index (κ3) is 7.00. The first kappa shape index (κ1) is 27.1. The SMILES string of the molecule is CC(C)N(C(=O)C(c1cccnc1)C(CNC(=O)CCc1ccccc1F)c1ccccc1)C(C)C. The van der Waals surface area contributed by atoms with Crippen molar-refractivity contribution in [3.05, 3.63) is 102 Å². The van der Waals surface area contributed by atoms with E-state index in [0.29, 0.717) is 12.0 Å². The van der Waals surface area contributed by atoms with Gasteiger partial charge in [0.2, 0.25) is 11.8 Å². The molecule has 190 valence electrons. The van der Waals surface area contributed by atoms with Gasteiger partial charge in [0, 0.05) is 43.4 Å². The highest BCUT2D eigenvalue weighted by Gasteiger charge is 2.36. The third-order valence-electron chi connectivity index (χ3n) is 6.41. The number of halogens is 1. The number of aryl methyl sites for hydroxylation is 1. The number of hydrogen-bond donors (Lipinski definition) is 1. The summed E-state index contributed by atoms with van der Waals surface area (Å²) in [4.78, 5) is 33.1. The summed E-state index contributed by atoms with van der Waals surface area (Å²) in [6.45, 7) is 8.33. The average molecular weight is 490 g/mol. The average Bonchev–Trinajstić information content (AvgIpc) is 2.86. The van der Waals surface area contributed by atoms with Crippen molar-refractivity contribution in [3.8, 4) is 0 Å². The van der Waals surface area contributed by atoms with Gasteiger partial charge in [-0.3, -0.25) is 14.6 Å². The van der Waals surface area contributed by atoms with Crippen LogP contribution < -0.4 is 5.32 Å². The van der Waals surface area contributed by atoms with Crippen molar-refractivity contribution < 1.29 is 14.0 Å². The number of aromatic nitrogens is 1. The molecule has 6 heteroatoms. The molecule has 0 fully saturated rings. The molecule has 1 heterocycles. The highest BCUT2D eigenvalue weighted by Crippen LogP contribution is 2.35. The van der Waals surface area contributed by atoms with Gasteiger partial charge in [-0.05, 0) is 62.9 Å². The first-order valence-corrected chi connectivity index (χ1v) is 12.6. The Morgan fingerprint density at radius 1 is 0.889 bits per heavy atom. The van der Waals surface area contributed by atoms with Crippen molar-refractivity contribution in [2.45, 2.75) is 64.5 Å². The highest BCUT2D eigenvalue weighted by atomic mass is 19.1. The molecule has 0 saturated carbocycles. The van der Waals surface area contributed by atoms with Gasteiger partial charge >= 0.3 is 0 Å². The van der Waals surface area contributed by atoms with Crippen LogP contribution in [0.5, 0.6) is 0 Å². The number of hydrogen-bond acceptors (Lipinski definition) is 3. The number of amides is 2. The lowest BCUT2D eigenvalue weighted by Crippen LogP contribution is -2.47. The van der Waals surface area contributed by atoms with E-state index in [1.54, 1.807) is 30.6 Å². The summed E-state index contributed by atoms with van der Waals surface area (Å²) in [6, 6.07) is 20.1. The lowest BCUT2D eigenvalue weighted by atomic mass is 9.80. The van der Waals surface area contributed by atoms with Crippen molar-refractivity contribution in [1.29, 1.82) is 0 Å². The number of pyridine rings is 1. The van der Waals surface area contributed by atoms with Crippen LogP contribution >= 0.6 is 0 Å². The van der Waals surface area contributed by atoms with E-state index < -0.39 is 5.92 Å². The molecule has 1 N–H and O–H groups in total. The second-order valence-electron chi connectivity index (χ2n) is 9.61. The first-order chi connectivity index (χ1) is 17.3. The Balaban J connectivity index is 1.89. The Morgan fingerprint density at radius 3 is 2.14 bits per heavy atom. The smallest absolute Gasteiger partial charge is 0.231 e. The number of carbonyl (C=O) groups excluding carboxylic acids is 2. The molecule has 0 aliphatic rings. The molecule has 5 nitrogen and oxygen atoms in total. The fourth-order valence-electron chi connectivity index (χ4n) is 4.76. The van der Waals surface area contributed by atoms with E-state index in [9.17, 15) is 14.0 Å². The molecule has 1 aromatic heterocycles. The Hall–Kier alpha value is -3.54. The standard InChI is InChI=1S/C30H36FN3O2/c1-21(2)34(22(3)4)30(36)29(25-14-10-18-32-19-25)26(23-11-6-5-7-12-23)20-33-28(35)17-16-24-13-8-9-15-27(24)31/h5-15,18-19,21-22,26,29H,16-17,20H2,1-4H3,(H,33,35). The van der Waals surface area contributed by atoms with E-state index in [0.717, 1.165) is 11.1 Å². The van der Waals surface area contributed by atoms with Crippen LogP contribution in [0.15, 0.2) is 79.1 Å². The van der Waals surface area contributed by atoms with E-state index in [1.165, 1.54) is 6.07 Å². The predicted octanol–water partition coefficient (Wildman–Crippen LogP) is 5.48. The molecule has 0 aliphatic heterocycles. The minimum absolute atomic E-state index is 0.00228. The maximum Gasteiger partial charge on any atom is 0.231 e. The number of carbonyl (C=O) groups is 2. The third-order valence-corrected chi connectivity index (χ3v) is 6.41. The monoisotopic (exact) mass is 489 g/mol. The van der Waals surface area contributed by atoms with Gasteiger partial charge in [-0.15, -0.1) is 0 Å². The maximum absolute atomic E-state index is 14.1. The molecule has 36 heavy (non-hydrogen) atoms. The first-order valence-electron chi connectivity index (χ1n) is 12.6. The van der Waals surface area contributed by atoms with Crippen LogP contribution in [0.25, 0.3) is 0 Å². The molecular weight excluding hydrogens is 453 g/mol. The van der Waals surface area contributed by atoms with Crippen LogP contribution in [0.2, 0.25) is 0 Å². The largest absolute Gasteiger partial charge is 0.355 e. The van der Waals surface area contributed by atoms with Crippen LogP contribution in [0.1, 0.15) is 62.6 Å². The van der Waals surface area contributed by atoms with Crippen LogP contribution in [-0.2, 0) is 16.0 Å². The predicted molar refractivity (Wildman–Crippen MR) is 141 cm³/mol. The zero-order chi connectivity index (χ0) is 26.1. The molecular formula is C30H36FN3O2. The second kappa shape index (κ2) is 13.0. The molecule has 0 bridgehead atoms. The van der Waals surface area contributed by atoms with E-state index >= 15 is 0 Å². The number of nitrogens with zero attached hydrogens (tertiary/aromatic N) is 2. The van der Waals surface area contributed by atoms with Gasteiger partial charge in [0.15, 0.2) is 0 Å². The van der Waals surface area contributed by atoms with Crippen molar-refractivity contribution in [2.75, 3.05) is 6.54 Å². The fraction of sp³-hybridized carbons (Fsp3) is 0.367. The van der Waals surface area contributed by atoms with Crippen LogP contribution in [0.4, 0.5) is 4.39 Å². The van der Waals surface area contributed by atoms with E-state index in [4.69, 9.17) is 0 Å². The zero-order valence-electron chi connectivity index (χ0n) is 21.5. The molecule has 2 unspecified atom stereocenters. The molecule has 3 rings (SSSR count). The lowest BCUT2D eigenvalue weighted by Gasteiger charge is -2.37. The Bertz CT molecular complexity index is 1110. The number of rotatable bonds is 11. The Labute approximate surface area is 213 Å². The molecule has 0 saturated heterocycles. The minimum atomic E-state index is -0.530. The minimum Gasteiger partial charge on any atom is -0.355 e. The van der Waals surface area contributed by atoms with Crippen LogP contribution in [0, 0.1) is 5.82 Å². The van der Waals surface area contributed by atoms with Crippen LogP contribution in [0.3, 0.4) is 0 Å². The molecule has 3 aromatic rings. The Kier molecular flexibility index (Phi) is 9.74. The van der Waals surface area contributed by atoms with E-state index in [2.05, 4.69) is 10.3 Å². The molecule has 2 amide bonds. The topological polar surface area (TPSA) is 62.3 Å². The molecule has 0 spiro atoms. The normalized spacial score (nSPS) is 12.9. The molecule has 2 atom stereocenters. The summed E-state index contributed by atoms with van der Waals surface area (Å²) in [7, 11) is 0. The Morgan fingerprint density at radius 2 is 1.53 bits per heavy atom. The van der Waals surface area contributed by atoms with Crippen molar-refractivity contribution in [3.63, 3.8) is 0 Å². The van der Waals surface area contributed by atoms with Crippen molar-refractivity contribution >= 4 is 11.8 Å². The lowest BCUT2D eigenvalue weighted by molar-refractivity contribution is -0.137. The van der Waals surface area contributed by atoms with Gasteiger partial charge in [-0.1, -0.05) is 54.6 Å². The molecule has 0 radical (unpaired) electrons.